The molecule has 332 valence electrons. The molecule has 9 aromatic carbocycles. The standard InChI is InChI=1S/C65H57N3/c1-64(2,3)50-31-25-46(26-32-50)61-58-38-37-56(67(52-21-9-7-10-22-52)54-35-29-44-17-13-15-19-48(44)39-54)41-59(58)62(47-27-33-51(34-28-47)65(4,5)6)63-60(61)42-57(43-66-63)68(53-23-11-8-12-24-53)55-36-30-45-18-14-16-20-49(45)40-55/h7-33,35-43,51H,34H2,1-6H3. The van der Waals surface area contributed by atoms with Crippen LogP contribution in [0.5, 0.6) is 0 Å². The number of nitrogens with zero attached hydrogens (tertiary/aromatic N) is 3. The van der Waals surface area contributed by atoms with Gasteiger partial charge < -0.3 is 9.80 Å². The summed E-state index contributed by atoms with van der Waals surface area (Å²) >= 11 is 0. The molecule has 3 nitrogen and oxygen atoms in total. The number of aromatic nitrogens is 1. The summed E-state index contributed by atoms with van der Waals surface area (Å²) in [5, 5.41) is 8.32. The van der Waals surface area contributed by atoms with E-state index in [0.717, 1.165) is 57.0 Å². The van der Waals surface area contributed by atoms with Crippen LogP contribution in [-0.2, 0) is 5.41 Å². The van der Waals surface area contributed by atoms with E-state index in [9.17, 15) is 0 Å². The number of pyridine rings is 1. The van der Waals surface area contributed by atoms with Gasteiger partial charge in [0.2, 0.25) is 0 Å². The Morgan fingerprint density at radius 1 is 0.441 bits per heavy atom. The van der Waals surface area contributed by atoms with Crippen LogP contribution in [0.15, 0.2) is 219 Å². The Hall–Kier alpha value is -7.75. The van der Waals surface area contributed by atoms with Gasteiger partial charge in [-0.05, 0) is 144 Å². The van der Waals surface area contributed by atoms with Gasteiger partial charge in [0.1, 0.15) is 0 Å². The number of hydrogen-bond donors (Lipinski definition) is 0. The van der Waals surface area contributed by atoms with Crippen molar-refractivity contribution in [2.75, 3.05) is 9.80 Å². The van der Waals surface area contributed by atoms with E-state index in [1.54, 1.807) is 0 Å². The maximum absolute atomic E-state index is 5.65. The molecule has 1 aromatic heterocycles. The minimum atomic E-state index is 0.0144. The lowest BCUT2D eigenvalue weighted by Gasteiger charge is -2.30. The third kappa shape index (κ3) is 8.02. The van der Waals surface area contributed by atoms with Crippen LogP contribution in [0.4, 0.5) is 34.1 Å². The molecule has 1 aliphatic rings. The maximum Gasteiger partial charge on any atom is 0.0794 e. The Morgan fingerprint density at radius 3 is 1.50 bits per heavy atom. The summed E-state index contributed by atoms with van der Waals surface area (Å²) in [6.07, 6.45) is 10.3. The second-order valence-corrected chi connectivity index (χ2v) is 20.5. The molecule has 1 heterocycles. The Bertz CT molecular complexity index is 3550. The molecule has 1 atom stereocenters. The maximum atomic E-state index is 5.65. The van der Waals surface area contributed by atoms with Crippen LogP contribution in [0.3, 0.4) is 0 Å². The van der Waals surface area contributed by atoms with Gasteiger partial charge in [-0.2, -0.15) is 0 Å². The summed E-state index contributed by atoms with van der Waals surface area (Å²) in [6.45, 7) is 13.9. The highest BCUT2D eigenvalue weighted by Gasteiger charge is 2.27. The molecule has 0 fully saturated rings. The molecular formula is C65H57N3. The van der Waals surface area contributed by atoms with Gasteiger partial charge in [0.15, 0.2) is 0 Å². The average Bonchev–Trinajstić information content (AvgIpc) is 3.36. The van der Waals surface area contributed by atoms with E-state index in [1.807, 2.05) is 0 Å². The fourth-order valence-corrected chi connectivity index (χ4v) is 10.2. The first-order chi connectivity index (χ1) is 33.0. The molecule has 0 amide bonds. The van der Waals surface area contributed by atoms with E-state index in [-0.39, 0.29) is 10.8 Å². The number of allylic oxidation sites excluding steroid dienone is 4. The van der Waals surface area contributed by atoms with Gasteiger partial charge >= 0.3 is 0 Å². The Kier molecular flexibility index (Phi) is 10.8. The topological polar surface area (TPSA) is 19.4 Å². The first-order valence-electron chi connectivity index (χ1n) is 24.1. The van der Waals surface area contributed by atoms with Crippen LogP contribution in [0.25, 0.3) is 59.9 Å². The summed E-state index contributed by atoms with van der Waals surface area (Å²) in [5.41, 5.74) is 13.6. The van der Waals surface area contributed by atoms with Gasteiger partial charge in [-0.15, -0.1) is 0 Å². The molecule has 3 heteroatoms. The second-order valence-electron chi connectivity index (χ2n) is 20.5. The van der Waals surface area contributed by atoms with Gasteiger partial charge in [-0.3, -0.25) is 4.98 Å². The molecule has 0 aliphatic heterocycles. The molecule has 0 spiro atoms. The van der Waals surface area contributed by atoms with Crippen molar-refractivity contribution >= 4 is 82.9 Å². The third-order valence-electron chi connectivity index (χ3n) is 14.0. The van der Waals surface area contributed by atoms with Crippen molar-refractivity contribution in [1.29, 1.82) is 0 Å². The van der Waals surface area contributed by atoms with Crippen LogP contribution in [0.2, 0.25) is 0 Å². The van der Waals surface area contributed by atoms with E-state index in [2.05, 4.69) is 270 Å². The first-order valence-corrected chi connectivity index (χ1v) is 24.1. The van der Waals surface area contributed by atoms with Crippen LogP contribution in [0, 0.1) is 11.3 Å². The van der Waals surface area contributed by atoms with Crippen LogP contribution in [0.1, 0.15) is 59.1 Å². The van der Waals surface area contributed by atoms with Crippen molar-refractivity contribution in [3.8, 4) is 11.1 Å². The summed E-state index contributed by atoms with van der Waals surface area (Å²) in [7, 11) is 0. The Morgan fingerprint density at radius 2 is 0.956 bits per heavy atom. The zero-order valence-electron chi connectivity index (χ0n) is 39.9. The van der Waals surface area contributed by atoms with Crippen molar-refractivity contribution in [2.45, 2.75) is 53.4 Å². The van der Waals surface area contributed by atoms with E-state index in [4.69, 9.17) is 4.98 Å². The number of rotatable bonds is 8. The number of fused-ring (bicyclic) bond motifs is 4. The average molecular weight is 880 g/mol. The highest BCUT2D eigenvalue weighted by Crippen LogP contribution is 2.48. The quantitative estimate of drug-likeness (QED) is 0.142. The van der Waals surface area contributed by atoms with Gasteiger partial charge in [0.25, 0.3) is 0 Å². The minimum absolute atomic E-state index is 0.0144. The Labute approximate surface area is 401 Å². The molecule has 11 rings (SSSR count). The highest BCUT2D eigenvalue weighted by atomic mass is 15.2. The van der Waals surface area contributed by atoms with Gasteiger partial charge in [-0.25, -0.2) is 0 Å². The minimum Gasteiger partial charge on any atom is -0.310 e. The predicted octanol–water partition coefficient (Wildman–Crippen LogP) is 18.6. The molecule has 0 saturated carbocycles. The lowest BCUT2D eigenvalue weighted by Crippen LogP contribution is -2.19. The van der Waals surface area contributed by atoms with Crippen LogP contribution < -0.4 is 9.80 Å². The SMILES string of the molecule is CC(C)(C)c1ccc(-c2c3ccc(N(c4ccccc4)c4ccc5ccccc5c4)cc3c(C3=CCC(C(C)(C)C)C=C3)c3ncc(N(c4ccccc4)c4ccc5ccccc5c4)cc23)cc1. The summed E-state index contributed by atoms with van der Waals surface area (Å²) in [6, 6.07) is 71.0. The number of para-hydroxylation sites is 2. The molecule has 1 aliphatic carbocycles. The lowest BCUT2D eigenvalue weighted by atomic mass is 9.75. The van der Waals surface area contributed by atoms with Crippen LogP contribution >= 0.6 is 0 Å². The first kappa shape index (κ1) is 42.9. The molecular weight excluding hydrogens is 823 g/mol. The van der Waals surface area contributed by atoms with E-state index >= 15 is 0 Å². The molecule has 0 N–H and O–H groups in total. The summed E-state index contributed by atoms with van der Waals surface area (Å²) < 4.78 is 0. The molecule has 0 saturated heterocycles. The summed E-state index contributed by atoms with van der Waals surface area (Å²) in [4.78, 5) is 10.4. The van der Waals surface area contributed by atoms with Gasteiger partial charge in [-0.1, -0.05) is 187 Å². The fraction of sp³-hybridized carbons (Fsp3) is 0.154. The Balaban J connectivity index is 1.21. The van der Waals surface area contributed by atoms with E-state index < -0.39 is 0 Å². The van der Waals surface area contributed by atoms with Crippen LogP contribution in [-0.4, -0.2) is 4.98 Å². The number of anilines is 6. The van der Waals surface area contributed by atoms with Crippen molar-refractivity contribution < 1.29 is 0 Å². The molecule has 0 radical (unpaired) electrons. The van der Waals surface area contributed by atoms with Crippen molar-refractivity contribution in [3.63, 3.8) is 0 Å². The van der Waals surface area contributed by atoms with E-state index in [0.29, 0.717) is 5.92 Å². The lowest BCUT2D eigenvalue weighted by molar-refractivity contribution is 0.294. The largest absolute Gasteiger partial charge is 0.310 e. The number of benzene rings is 9. The van der Waals surface area contributed by atoms with E-state index in [1.165, 1.54) is 54.6 Å². The predicted molar refractivity (Wildman–Crippen MR) is 292 cm³/mol. The molecule has 68 heavy (non-hydrogen) atoms. The second kappa shape index (κ2) is 17.2. The normalized spacial score (nSPS) is 14.1. The molecule has 10 aromatic rings. The zero-order valence-corrected chi connectivity index (χ0v) is 39.9. The fourth-order valence-electron chi connectivity index (χ4n) is 10.2. The molecule has 0 bridgehead atoms. The van der Waals surface area contributed by atoms with Crippen molar-refractivity contribution in [3.05, 3.63) is 230 Å². The number of hydrogen-bond acceptors (Lipinski definition) is 3. The third-order valence-corrected chi connectivity index (χ3v) is 14.0. The van der Waals surface area contributed by atoms with Gasteiger partial charge in [0.05, 0.1) is 17.4 Å². The molecule has 1 unspecified atom stereocenters. The zero-order chi connectivity index (χ0) is 46.6. The highest BCUT2D eigenvalue weighted by molar-refractivity contribution is 6.20. The smallest absolute Gasteiger partial charge is 0.0794 e. The monoisotopic (exact) mass is 879 g/mol. The summed E-state index contributed by atoms with van der Waals surface area (Å²) in [5.74, 6) is 0.433. The van der Waals surface area contributed by atoms with Crippen molar-refractivity contribution in [1.82, 2.24) is 4.98 Å². The van der Waals surface area contributed by atoms with Crippen molar-refractivity contribution in [2.24, 2.45) is 11.3 Å². The van der Waals surface area contributed by atoms with Gasteiger partial charge in [0, 0.05) is 39.4 Å².